The lowest BCUT2D eigenvalue weighted by Crippen LogP contribution is -2.14. The molecule has 0 atom stereocenters. The summed E-state index contributed by atoms with van der Waals surface area (Å²) in [5, 5.41) is 10.4. The molecule has 0 fully saturated rings. The van der Waals surface area contributed by atoms with Gasteiger partial charge in [0.15, 0.2) is 0 Å². The van der Waals surface area contributed by atoms with E-state index < -0.39 is 5.97 Å². The van der Waals surface area contributed by atoms with Crippen molar-refractivity contribution in [3.63, 3.8) is 0 Å². The number of aliphatic hydroxyl groups is 1. The van der Waals surface area contributed by atoms with Crippen molar-refractivity contribution < 1.29 is 14.6 Å². The number of methoxy groups -OCH3 is 1. The van der Waals surface area contributed by atoms with Crippen molar-refractivity contribution in [1.29, 1.82) is 0 Å². The maximum atomic E-state index is 11.7. The molecule has 0 saturated carbocycles. The number of rotatable bonds is 3. The Morgan fingerprint density at radius 2 is 1.89 bits per heavy atom. The molecule has 102 valence electrons. The van der Waals surface area contributed by atoms with Gasteiger partial charge in [0.05, 0.1) is 7.11 Å². The van der Waals surface area contributed by atoms with Gasteiger partial charge in [0, 0.05) is 18.3 Å². The van der Waals surface area contributed by atoms with Crippen LogP contribution in [0, 0.1) is 0 Å². The second kappa shape index (κ2) is 6.54. The first-order chi connectivity index (χ1) is 8.90. The first-order valence-corrected chi connectivity index (χ1v) is 5.95. The number of carbonyl (C=O) groups is 1. The van der Waals surface area contributed by atoms with Gasteiger partial charge in [-0.15, -0.1) is 0 Å². The maximum absolute atomic E-state index is 11.7. The second-order valence-corrected chi connectivity index (χ2v) is 4.30. The molecule has 0 aliphatic heterocycles. The number of nitrogens with zero attached hydrogens (tertiary/aromatic N) is 2. The van der Waals surface area contributed by atoms with Crippen LogP contribution >= 0.6 is 23.2 Å². The molecule has 0 unspecified atom stereocenters. The second-order valence-electron chi connectivity index (χ2n) is 3.53. The highest BCUT2D eigenvalue weighted by Gasteiger charge is 2.20. The van der Waals surface area contributed by atoms with Gasteiger partial charge in [-0.1, -0.05) is 23.2 Å². The Balaban J connectivity index is 3.48. The van der Waals surface area contributed by atoms with Crippen molar-refractivity contribution in [3.8, 4) is 0 Å². The van der Waals surface area contributed by atoms with Crippen LogP contribution in [0.2, 0.25) is 10.3 Å². The third kappa shape index (κ3) is 3.68. The smallest absolute Gasteiger partial charge is 0.343 e. The monoisotopic (exact) mass is 302 g/mol. The zero-order chi connectivity index (χ0) is 14.6. The molecule has 0 aromatic carbocycles. The van der Waals surface area contributed by atoms with E-state index in [9.17, 15) is 9.90 Å². The molecule has 1 N–H and O–H groups in total. The van der Waals surface area contributed by atoms with Gasteiger partial charge < -0.3 is 9.84 Å². The highest BCUT2D eigenvalue weighted by atomic mass is 35.5. The van der Waals surface area contributed by atoms with Gasteiger partial charge in [-0.05, 0) is 19.1 Å². The lowest BCUT2D eigenvalue weighted by Gasteiger charge is -2.09. The summed E-state index contributed by atoms with van der Waals surface area (Å²) in [6, 6.07) is 2.77. The van der Waals surface area contributed by atoms with Crippen LogP contribution in [0.4, 0.5) is 0 Å². The largest absolute Gasteiger partial charge is 0.506 e. The number of aliphatic imine (C=N–C) groups is 1. The number of esters is 1. The normalized spacial score (nSPS) is 13.0. The third-order valence-corrected chi connectivity index (χ3v) is 2.75. The van der Waals surface area contributed by atoms with E-state index in [1.165, 1.54) is 26.3 Å². The number of ether oxygens (including phenoxy) is 1. The average molecular weight is 303 g/mol. The van der Waals surface area contributed by atoms with Crippen LogP contribution in [0.5, 0.6) is 0 Å². The van der Waals surface area contributed by atoms with E-state index in [4.69, 9.17) is 23.2 Å². The molecular weight excluding hydrogens is 291 g/mol. The van der Waals surface area contributed by atoms with Gasteiger partial charge in [0.25, 0.3) is 0 Å². The predicted molar refractivity (Wildman–Crippen MR) is 74.9 cm³/mol. The highest BCUT2D eigenvalue weighted by molar-refractivity contribution is 6.33. The minimum Gasteiger partial charge on any atom is -0.506 e. The number of aliphatic hydroxyl groups excluding tert-OH is 1. The fraction of sp³-hybridized carbons (Fsp3) is 0.250. The SMILES string of the molecule is CN=C(C)C(C(=O)OC)=C(O)c1cc(Cl)nc(Cl)c1. The van der Waals surface area contributed by atoms with E-state index in [0.717, 1.165) is 0 Å². The highest BCUT2D eigenvalue weighted by Crippen LogP contribution is 2.23. The van der Waals surface area contributed by atoms with Crippen molar-refractivity contribution in [2.24, 2.45) is 4.99 Å². The molecule has 0 aliphatic rings. The van der Waals surface area contributed by atoms with Crippen LogP contribution in [0.3, 0.4) is 0 Å². The van der Waals surface area contributed by atoms with Gasteiger partial charge in [0.1, 0.15) is 21.6 Å². The third-order valence-electron chi connectivity index (χ3n) is 2.36. The summed E-state index contributed by atoms with van der Waals surface area (Å²) in [6.45, 7) is 1.58. The number of carbonyl (C=O) groups excluding carboxylic acids is 1. The molecule has 1 heterocycles. The first-order valence-electron chi connectivity index (χ1n) is 5.19. The maximum Gasteiger partial charge on any atom is 0.343 e. The minimum absolute atomic E-state index is 0.0525. The lowest BCUT2D eigenvalue weighted by atomic mass is 10.1. The number of halogens is 2. The first kappa shape index (κ1) is 15.5. The van der Waals surface area contributed by atoms with Crippen LogP contribution in [-0.2, 0) is 9.53 Å². The Labute approximate surface area is 120 Å². The molecule has 7 heteroatoms. The molecule has 1 aromatic rings. The number of pyridine rings is 1. The Morgan fingerprint density at radius 3 is 2.32 bits per heavy atom. The van der Waals surface area contributed by atoms with E-state index in [2.05, 4.69) is 14.7 Å². The minimum atomic E-state index is -0.704. The van der Waals surface area contributed by atoms with Crippen LogP contribution < -0.4 is 0 Å². The van der Waals surface area contributed by atoms with Crippen LogP contribution in [0.1, 0.15) is 12.5 Å². The molecule has 0 spiro atoms. The summed E-state index contributed by atoms with van der Waals surface area (Å²) in [4.78, 5) is 19.3. The molecule has 0 amide bonds. The zero-order valence-electron chi connectivity index (χ0n) is 10.6. The molecule has 0 aliphatic carbocycles. The molecule has 0 radical (unpaired) electrons. The lowest BCUT2D eigenvalue weighted by molar-refractivity contribution is -0.135. The molecular formula is C12H12Cl2N2O3. The van der Waals surface area contributed by atoms with Crippen molar-refractivity contribution in [1.82, 2.24) is 4.98 Å². The number of hydrogen-bond acceptors (Lipinski definition) is 5. The van der Waals surface area contributed by atoms with E-state index in [1.54, 1.807) is 6.92 Å². The zero-order valence-corrected chi connectivity index (χ0v) is 12.1. The van der Waals surface area contributed by atoms with Gasteiger partial charge >= 0.3 is 5.97 Å². The van der Waals surface area contributed by atoms with Gasteiger partial charge in [-0.25, -0.2) is 9.78 Å². The van der Waals surface area contributed by atoms with Crippen molar-refractivity contribution >= 4 is 40.6 Å². The average Bonchev–Trinajstić information content (AvgIpc) is 2.37. The topological polar surface area (TPSA) is 71.8 Å². The number of hydrogen-bond donors (Lipinski definition) is 1. The van der Waals surface area contributed by atoms with Gasteiger partial charge in [0.2, 0.25) is 0 Å². The van der Waals surface area contributed by atoms with Crippen LogP contribution in [0.25, 0.3) is 5.76 Å². The molecule has 5 nitrogen and oxygen atoms in total. The molecule has 19 heavy (non-hydrogen) atoms. The Hall–Kier alpha value is -1.59. The quantitative estimate of drug-likeness (QED) is 0.306. The van der Waals surface area contributed by atoms with Gasteiger partial charge in [-0.3, -0.25) is 4.99 Å². The molecule has 1 rings (SSSR count). The summed E-state index contributed by atoms with van der Waals surface area (Å²) < 4.78 is 4.62. The van der Waals surface area contributed by atoms with Crippen LogP contribution in [-0.4, -0.2) is 35.9 Å². The van der Waals surface area contributed by atoms with Crippen molar-refractivity contribution in [2.45, 2.75) is 6.92 Å². The van der Waals surface area contributed by atoms with Crippen molar-refractivity contribution in [2.75, 3.05) is 14.2 Å². The molecule has 0 saturated heterocycles. The van der Waals surface area contributed by atoms with Gasteiger partial charge in [-0.2, -0.15) is 0 Å². The fourth-order valence-electron chi connectivity index (χ4n) is 1.38. The molecule has 1 aromatic heterocycles. The fourth-order valence-corrected chi connectivity index (χ4v) is 1.84. The van der Waals surface area contributed by atoms with Crippen molar-refractivity contribution in [3.05, 3.63) is 33.6 Å². The predicted octanol–water partition coefficient (Wildman–Crippen LogP) is 2.92. The van der Waals surface area contributed by atoms with E-state index in [1.807, 2.05) is 0 Å². The molecule has 0 bridgehead atoms. The Kier molecular flexibility index (Phi) is 5.32. The Morgan fingerprint density at radius 1 is 1.37 bits per heavy atom. The summed E-state index contributed by atoms with van der Waals surface area (Å²) in [5.41, 5.74) is 0.533. The standard InChI is InChI=1S/C12H12Cl2N2O3/c1-6(15-2)10(12(18)19-3)11(17)7-4-8(13)16-9(14)5-7/h4-5,17H,1-3H3. The van der Waals surface area contributed by atoms with E-state index in [-0.39, 0.29) is 27.2 Å². The summed E-state index contributed by atoms with van der Waals surface area (Å²) in [7, 11) is 2.71. The number of aromatic nitrogens is 1. The van der Waals surface area contributed by atoms with Crippen LogP contribution in [0.15, 0.2) is 22.7 Å². The van der Waals surface area contributed by atoms with E-state index >= 15 is 0 Å². The summed E-state index contributed by atoms with van der Waals surface area (Å²) >= 11 is 11.5. The summed E-state index contributed by atoms with van der Waals surface area (Å²) in [6.07, 6.45) is 0. The summed E-state index contributed by atoms with van der Waals surface area (Å²) in [5.74, 6) is -1.02. The Bertz CT molecular complexity index is 548. The van der Waals surface area contributed by atoms with E-state index in [0.29, 0.717) is 5.71 Å².